The average molecular weight is 209 g/mol. The lowest BCUT2D eigenvalue weighted by molar-refractivity contribution is 0.408. The molecule has 1 atom stereocenters. The molecule has 0 spiro atoms. The van der Waals surface area contributed by atoms with Crippen molar-refractivity contribution < 1.29 is 4.74 Å². The van der Waals surface area contributed by atoms with Crippen molar-refractivity contribution in [2.24, 2.45) is 0 Å². The third-order valence-corrected chi connectivity index (χ3v) is 3.77. The molecule has 1 aliphatic rings. The fourth-order valence-electron chi connectivity index (χ4n) is 1.84. The van der Waals surface area contributed by atoms with E-state index in [0.717, 1.165) is 18.7 Å². The van der Waals surface area contributed by atoms with Gasteiger partial charge in [-0.3, -0.25) is 0 Å². The van der Waals surface area contributed by atoms with Crippen LogP contribution in [0.3, 0.4) is 0 Å². The van der Waals surface area contributed by atoms with Crippen LogP contribution < -0.4 is 10.1 Å². The molecule has 1 aliphatic heterocycles. The van der Waals surface area contributed by atoms with Gasteiger partial charge in [0, 0.05) is 22.3 Å². The number of hydrogen-bond donors (Lipinski definition) is 1. The van der Waals surface area contributed by atoms with Crippen LogP contribution in [0.2, 0.25) is 0 Å². The lowest BCUT2D eigenvalue weighted by Gasteiger charge is -2.06. The molecule has 1 aromatic rings. The Bertz CT molecular complexity index is 327. The zero-order valence-electron chi connectivity index (χ0n) is 8.54. The fraction of sp³-hybridized carbons (Fsp3) is 0.455. The van der Waals surface area contributed by atoms with Gasteiger partial charge in [0.15, 0.2) is 0 Å². The van der Waals surface area contributed by atoms with E-state index in [1.54, 1.807) is 7.11 Å². The van der Waals surface area contributed by atoms with E-state index >= 15 is 0 Å². The van der Waals surface area contributed by atoms with Gasteiger partial charge in [0.2, 0.25) is 0 Å². The normalized spacial score (nSPS) is 19.4. The van der Waals surface area contributed by atoms with Crippen molar-refractivity contribution in [2.45, 2.75) is 16.6 Å². The summed E-state index contributed by atoms with van der Waals surface area (Å²) in [5, 5.41) is 3.88. The van der Waals surface area contributed by atoms with Crippen molar-refractivity contribution in [1.29, 1.82) is 0 Å². The first-order valence-corrected chi connectivity index (χ1v) is 5.70. The lowest BCUT2D eigenvalue weighted by Crippen LogP contribution is -2.20. The van der Waals surface area contributed by atoms with Gasteiger partial charge in [0.05, 0.1) is 7.11 Å². The maximum absolute atomic E-state index is 5.35. The summed E-state index contributed by atoms with van der Waals surface area (Å²) in [4.78, 5) is 1.38. The molecule has 1 N–H and O–H groups in total. The Labute approximate surface area is 89.0 Å². The zero-order valence-corrected chi connectivity index (χ0v) is 9.36. The quantitative estimate of drug-likeness (QED) is 0.822. The maximum Gasteiger partial charge on any atom is 0.123 e. The molecule has 0 saturated heterocycles. The summed E-state index contributed by atoms with van der Waals surface area (Å²) in [6.07, 6.45) is 1.12. The van der Waals surface area contributed by atoms with Crippen LogP contribution in [0.5, 0.6) is 5.75 Å². The highest BCUT2D eigenvalue weighted by Crippen LogP contribution is 2.41. The average Bonchev–Trinajstić information content (AvgIpc) is 2.60. The van der Waals surface area contributed by atoms with E-state index in [-0.39, 0.29) is 0 Å². The van der Waals surface area contributed by atoms with Crippen LogP contribution in [-0.2, 0) is 6.42 Å². The third kappa shape index (κ3) is 1.74. The first kappa shape index (κ1) is 9.87. The van der Waals surface area contributed by atoms with E-state index in [4.69, 9.17) is 4.74 Å². The third-order valence-electron chi connectivity index (χ3n) is 2.47. The van der Waals surface area contributed by atoms with Gasteiger partial charge in [0.25, 0.3) is 0 Å². The monoisotopic (exact) mass is 209 g/mol. The van der Waals surface area contributed by atoms with Crippen LogP contribution in [-0.4, -0.2) is 26.0 Å². The van der Waals surface area contributed by atoms with Crippen LogP contribution in [0.15, 0.2) is 23.1 Å². The highest BCUT2D eigenvalue weighted by atomic mass is 32.2. The molecule has 1 heterocycles. The minimum Gasteiger partial charge on any atom is -0.496 e. The highest BCUT2D eigenvalue weighted by molar-refractivity contribution is 8.00. The van der Waals surface area contributed by atoms with Gasteiger partial charge >= 0.3 is 0 Å². The first-order chi connectivity index (χ1) is 6.85. The van der Waals surface area contributed by atoms with Crippen LogP contribution in [0.1, 0.15) is 5.56 Å². The van der Waals surface area contributed by atoms with Crippen LogP contribution in [0, 0.1) is 0 Å². The minimum absolute atomic E-state index is 0.659. The molecule has 2 rings (SSSR count). The Morgan fingerprint density at radius 3 is 3.14 bits per heavy atom. The molecule has 14 heavy (non-hydrogen) atoms. The second-order valence-electron chi connectivity index (χ2n) is 3.44. The Morgan fingerprint density at radius 1 is 1.57 bits per heavy atom. The first-order valence-electron chi connectivity index (χ1n) is 4.82. The molecule has 0 bridgehead atoms. The number of fused-ring (bicyclic) bond motifs is 1. The summed E-state index contributed by atoms with van der Waals surface area (Å²) in [5.74, 6) is 1.04. The van der Waals surface area contributed by atoms with E-state index in [1.165, 1.54) is 10.5 Å². The number of methoxy groups -OCH3 is 1. The van der Waals surface area contributed by atoms with E-state index in [1.807, 2.05) is 24.9 Å². The van der Waals surface area contributed by atoms with Crippen molar-refractivity contribution in [2.75, 3.05) is 20.7 Å². The van der Waals surface area contributed by atoms with Crippen LogP contribution >= 0.6 is 11.8 Å². The van der Waals surface area contributed by atoms with Crippen molar-refractivity contribution >= 4 is 11.8 Å². The largest absolute Gasteiger partial charge is 0.496 e. The molecule has 0 aromatic heterocycles. The molecule has 1 aromatic carbocycles. The summed E-state index contributed by atoms with van der Waals surface area (Å²) >= 11 is 1.95. The van der Waals surface area contributed by atoms with Gasteiger partial charge in [-0.1, -0.05) is 6.07 Å². The molecule has 0 fully saturated rings. The number of rotatable bonds is 3. The molecule has 0 radical (unpaired) electrons. The summed E-state index contributed by atoms with van der Waals surface area (Å²) in [7, 11) is 3.74. The molecular formula is C11H15NOS. The molecule has 0 aliphatic carbocycles. The molecule has 0 saturated carbocycles. The Balaban J connectivity index is 2.21. The van der Waals surface area contributed by atoms with Gasteiger partial charge < -0.3 is 10.1 Å². The Morgan fingerprint density at radius 2 is 2.43 bits per heavy atom. The predicted molar refractivity (Wildman–Crippen MR) is 60.3 cm³/mol. The fourth-order valence-corrected chi connectivity index (χ4v) is 3.18. The minimum atomic E-state index is 0.659. The summed E-state index contributed by atoms with van der Waals surface area (Å²) in [6, 6.07) is 6.28. The van der Waals surface area contributed by atoms with Gasteiger partial charge in [0.1, 0.15) is 5.75 Å². The molecule has 1 unspecified atom stereocenters. The smallest absolute Gasteiger partial charge is 0.123 e. The zero-order chi connectivity index (χ0) is 9.97. The highest BCUT2D eigenvalue weighted by Gasteiger charge is 2.24. The maximum atomic E-state index is 5.35. The van der Waals surface area contributed by atoms with E-state index in [0.29, 0.717) is 5.25 Å². The lowest BCUT2D eigenvalue weighted by atomic mass is 10.1. The molecule has 3 heteroatoms. The number of ether oxygens (including phenoxy) is 1. The van der Waals surface area contributed by atoms with E-state index < -0.39 is 0 Å². The molecule has 2 nitrogen and oxygen atoms in total. The van der Waals surface area contributed by atoms with Gasteiger partial charge in [-0.15, -0.1) is 11.8 Å². The van der Waals surface area contributed by atoms with E-state index in [9.17, 15) is 0 Å². The van der Waals surface area contributed by atoms with Crippen LogP contribution in [0.4, 0.5) is 0 Å². The molecular weight excluding hydrogens is 194 g/mol. The number of thioether (sulfide) groups is 1. The van der Waals surface area contributed by atoms with Crippen molar-refractivity contribution in [1.82, 2.24) is 5.32 Å². The summed E-state index contributed by atoms with van der Waals surface area (Å²) < 4.78 is 5.35. The van der Waals surface area contributed by atoms with Crippen molar-refractivity contribution in [3.05, 3.63) is 23.8 Å². The standard InChI is InChI=1S/C11H15NOS/c1-12-7-8-6-9-10(13-2)4-3-5-11(9)14-8/h3-5,8,12H,6-7H2,1-2H3. The predicted octanol–water partition coefficient (Wildman–Crippen LogP) is 1.93. The SMILES string of the molecule is CNCC1Cc2c(OC)cccc2S1. The van der Waals surface area contributed by atoms with Gasteiger partial charge in [-0.25, -0.2) is 0 Å². The number of benzene rings is 1. The van der Waals surface area contributed by atoms with Crippen molar-refractivity contribution in [3.63, 3.8) is 0 Å². The topological polar surface area (TPSA) is 21.3 Å². The second-order valence-corrected chi connectivity index (χ2v) is 4.78. The number of hydrogen-bond acceptors (Lipinski definition) is 3. The van der Waals surface area contributed by atoms with Gasteiger partial charge in [-0.2, -0.15) is 0 Å². The van der Waals surface area contributed by atoms with Gasteiger partial charge in [-0.05, 0) is 25.6 Å². The second kappa shape index (κ2) is 4.24. The Hall–Kier alpha value is -0.670. The molecule has 0 amide bonds. The van der Waals surface area contributed by atoms with E-state index in [2.05, 4.69) is 17.4 Å². The number of nitrogens with one attached hydrogen (secondary N) is 1. The van der Waals surface area contributed by atoms with Crippen molar-refractivity contribution in [3.8, 4) is 5.75 Å². The molecule has 76 valence electrons. The summed E-state index contributed by atoms with van der Waals surface area (Å²) in [6.45, 7) is 1.06. The Kier molecular flexibility index (Phi) is 2.99. The summed E-state index contributed by atoms with van der Waals surface area (Å²) in [5.41, 5.74) is 1.38. The van der Waals surface area contributed by atoms with Crippen LogP contribution in [0.25, 0.3) is 0 Å².